The Balaban J connectivity index is 0.00000312. The zero-order valence-electron chi connectivity index (χ0n) is 14.8. The number of para-hydroxylation sites is 1. The number of carbonyl (C=O) groups excluding carboxylic acids is 1. The second-order valence-corrected chi connectivity index (χ2v) is 6.64. The van der Waals surface area contributed by atoms with E-state index in [4.69, 9.17) is 9.47 Å². The summed E-state index contributed by atoms with van der Waals surface area (Å²) in [5.41, 5.74) is -0.618. The van der Waals surface area contributed by atoms with Crippen LogP contribution in [0.4, 0.5) is 0 Å². The standard InChI is InChI=1S/C19H23NO3S.ClH/c1-14(24)22-18(21)19(2,20(3)4)15-9-8-12-17(13-15)23-16-10-6-5-7-11-16;/h5-14,24H,1-4H3;1H. The van der Waals surface area contributed by atoms with Gasteiger partial charge in [0.15, 0.2) is 0 Å². The molecule has 2 unspecified atom stereocenters. The summed E-state index contributed by atoms with van der Waals surface area (Å²) in [5, 5.41) is 0. The van der Waals surface area contributed by atoms with Gasteiger partial charge in [-0.25, -0.2) is 4.79 Å². The van der Waals surface area contributed by atoms with Gasteiger partial charge in [-0.05, 0) is 57.8 Å². The van der Waals surface area contributed by atoms with E-state index in [-0.39, 0.29) is 18.4 Å². The van der Waals surface area contributed by atoms with E-state index in [1.807, 2.05) is 80.5 Å². The van der Waals surface area contributed by atoms with Crippen LogP contribution in [0, 0.1) is 0 Å². The third-order valence-corrected chi connectivity index (χ3v) is 4.05. The summed E-state index contributed by atoms with van der Waals surface area (Å²) in [6.07, 6.45) is 0. The molecule has 136 valence electrons. The zero-order chi connectivity index (χ0) is 17.7. The van der Waals surface area contributed by atoms with Gasteiger partial charge in [-0.1, -0.05) is 30.3 Å². The molecule has 0 aliphatic heterocycles. The van der Waals surface area contributed by atoms with Crippen molar-refractivity contribution in [1.29, 1.82) is 0 Å². The van der Waals surface area contributed by atoms with E-state index in [0.717, 1.165) is 11.3 Å². The Morgan fingerprint density at radius 3 is 2.24 bits per heavy atom. The highest BCUT2D eigenvalue weighted by molar-refractivity contribution is 7.80. The van der Waals surface area contributed by atoms with E-state index in [2.05, 4.69) is 12.6 Å². The van der Waals surface area contributed by atoms with E-state index in [9.17, 15) is 4.79 Å². The maximum absolute atomic E-state index is 12.6. The summed E-state index contributed by atoms with van der Waals surface area (Å²) in [6, 6.07) is 17.0. The first-order valence-corrected chi connectivity index (χ1v) is 8.25. The average molecular weight is 382 g/mol. The highest BCUT2D eigenvalue weighted by Crippen LogP contribution is 2.32. The molecule has 0 bridgehead atoms. The number of hydrogen-bond donors (Lipinski definition) is 1. The molecule has 2 rings (SSSR count). The second kappa shape index (κ2) is 9.13. The van der Waals surface area contributed by atoms with Gasteiger partial charge in [0.25, 0.3) is 0 Å². The van der Waals surface area contributed by atoms with Gasteiger partial charge < -0.3 is 9.47 Å². The van der Waals surface area contributed by atoms with Gasteiger partial charge in [0.2, 0.25) is 0 Å². The summed E-state index contributed by atoms with van der Waals surface area (Å²) in [6.45, 7) is 3.54. The first-order valence-electron chi connectivity index (χ1n) is 7.74. The molecule has 0 amide bonds. The van der Waals surface area contributed by atoms with E-state index >= 15 is 0 Å². The number of halogens is 1. The van der Waals surface area contributed by atoms with Crippen molar-refractivity contribution in [2.45, 2.75) is 24.8 Å². The minimum Gasteiger partial charge on any atom is -0.457 e. The maximum Gasteiger partial charge on any atom is 0.332 e. The van der Waals surface area contributed by atoms with Crippen molar-refractivity contribution in [3.05, 3.63) is 60.2 Å². The van der Waals surface area contributed by atoms with Gasteiger partial charge in [-0.3, -0.25) is 4.90 Å². The largest absolute Gasteiger partial charge is 0.457 e. The molecule has 25 heavy (non-hydrogen) atoms. The summed E-state index contributed by atoms with van der Waals surface area (Å²) >= 11 is 4.15. The fraction of sp³-hybridized carbons (Fsp3) is 0.316. The minimum absolute atomic E-state index is 0. The molecule has 2 aromatic rings. The van der Waals surface area contributed by atoms with Gasteiger partial charge in [0.05, 0.1) is 0 Å². The Morgan fingerprint density at radius 2 is 1.68 bits per heavy atom. The van der Waals surface area contributed by atoms with E-state index in [0.29, 0.717) is 5.75 Å². The molecule has 0 heterocycles. The SMILES string of the molecule is CC(S)OC(=O)C(C)(c1cccc(Oc2ccccc2)c1)N(C)C.Cl. The van der Waals surface area contributed by atoms with Gasteiger partial charge >= 0.3 is 5.97 Å². The molecular weight excluding hydrogens is 358 g/mol. The number of carbonyl (C=O) groups is 1. The van der Waals surface area contributed by atoms with Crippen molar-refractivity contribution in [2.24, 2.45) is 0 Å². The number of rotatable bonds is 6. The van der Waals surface area contributed by atoms with Crippen molar-refractivity contribution < 1.29 is 14.3 Å². The van der Waals surface area contributed by atoms with Crippen molar-refractivity contribution >= 4 is 31.0 Å². The average Bonchev–Trinajstić information content (AvgIpc) is 2.54. The number of thiol groups is 1. The third-order valence-electron chi connectivity index (χ3n) is 3.94. The van der Waals surface area contributed by atoms with E-state index < -0.39 is 11.0 Å². The Hall–Kier alpha value is -1.69. The van der Waals surface area contributed by atoms with Crippen LogP contribution in [0.5, 0.6) is 11.5 Å². The molecule has 0 radical (unpaired) electrons. The molecule has 0 saturated carbocycles. The number of ether oxygens (including phenoxy) is 2. The molecular formula is C19H24ClNO3S. The Bertz CT molecular complexity index is 694. The quantitative estimate of drug-likeness (QED) is 0.454. The van der Waals surface area contributed by atoms with Crippen LogP contribution in [0.15, 0.2) is 54.6 Å². The van der Waals surface area contributed by atoms with Crippen LogP contribution in [0.1, 0.15) is 19.4 Å². The molecule has 0 aliphatic carbocycles. The number of esters is 1. The van der Waals surface area contributed by atoms with Crippen LogP contribution in [0.25, 0.3) is 0 Å². The van der Waals surface area contributed by atoms with Crippen molar-refractivity contribution in [2.75, 3.05) is 14.1 Å². The van der Waals surface area contributed by atoms with Crippen LogP contribution >= 0.6 is 25.0 Å². The molecule has 0 fully saturated rings. The monoisotopic (exact) mass is 381 g/mol. The predicted octanol–water partition coefficient (Wildman–Crippen LogP) is 4.50. The van der Waals surface area contributed by atoms with Gasteiger partial charge in [-0.2, -0.15) is 0 Å². The predicted molar refractivity (Wildman–Crippen MR) is 106 cm³/mol. The fourth-order valence-electron chi connectivity index (χ4n) is 2.32. The van der Waals surface area contributed by atoms with Gasteiger partial charge in [-0.15, -0.1) is 25.0 Å². The van der Waals surface area contributed by atoms with Gasteiger partial charge in [0.1, 0.15) is 22.5 Å². The van der Waals surface area contributed by atoms with Crippen LogP contribution in [-0.2, 0) is 15.1 Å². The lowest BCUT2D eigenvalue weighted by molar-refractivity contribution is -0.157. The maximum atomic E-state index is 12.6. The van der Waals surface area contributed by atoms with Crippen molar-refractivity contribution in [3.8, 4) is 11.5 Å². The molecule has 0 aromatic heterocycles. The minimum atomic E-state index is -0.937. The second-order valence-electron chi connectivity index (χ2n) is 5.91. The summed E-state index contributed by atoms with van der Waals surface area (Å²) < 4.78 is 11.2. The van der Waals surface area contributed by atoms with Crippen molar-refractivity contribution in [1.82, 2.24) is 4.90 Å². The fourth-order valence-corrected chi connectivity index (χ4v) is 2.41. The number of hydrogen-bond acceptors (Lipinski definition) is 5. The first-order chi connectivity index (χ1) is 11.3. The lowest BCUT2D eigenvalue weighted by Crippen LogP contribution is -2.47. The molecule has 2 atom stereocenters. The highest BCUT2D eigenvalue weighted by atomic mass is 35.5. The molecule has 6 heteroatoms. The lowest BCUT2D eigenvalue weighted by atomic mass is 9.90. The smallest absolute Gasteiger partial charge is 0.332 e. The third kappa shape index (κ3) is 5.14. The Morgan fingerprint density at radius 1 is 1.08 bits per heavy atom. The van der Waals surface area contributed by atoms with E-state index in [1.54, 1.807) is 6.92 Å². The van der Waals surface area contributed by atoms with Crippen LogP contribution in [-0.4, -0.2) is 30.4 Å². The molecule has 0 saturated heterocycles. The number of likely N-dealkylation sites (N-methyl/N-ethyl adjacent to an activating group) is 1. The Kier molecular flexibility index (Phi) is 7.80. The normalized spacial score (nSPS) is 14.2. The van der Waals surface area contributed by atoms with Gasteiger partial charge in [0, 0.05) is 0 Å². The molecule has 0 aliphatic rings. The molecule has 4 nitrogen and oxygen atoms in total. The van der Waals surface area contributed by atoms with Crippen LogP contribution in [0.3, 0.4) is 0 Å². The van der Waals surface area contributed by atoms with Crippen molar-refractivity contribution in [3.63, 3.8) is 0 Å². The van der Waals surface area contributed by atoms with E-state index in [1.165, 1.54) is 0 Å². The highest BCUT2D eigenvalue weighted by Gasteiger charge is 2.40. The Labute approximate surface area is 160 Å². The summed E-state index contributed by atoms with van der Waals surface area (Å²) in [4.78, 5) is 14.5. The van der Waals surface area contributed by atoms with Crippen LogP contribution in [0.2, 0.25) is 0 Å². The molecule has 0 N–H and O–H groups in total. The molecule has 0 spiro atoms. The summed E-state index contributed by atoms with van der Waals surface area (Å²) in [5.74, 6) is 1.05. The molecule has 2 aromatic carbocycles. The summed E-state index contributed by atoms with van der Waals surface area (Å²) in [7, 11) is 3.68. The van der Waals surface area contributed by atoms with Crippen LogP contribution < -0.4 is 4.74 Å². The number of nitrogens with zero attached hydrogens (tertiary/aromatic N) is 1. The topological polar surface area (TPSA) is 38.8 Å². The number of benzene rings is 2. The zero-order valence-corrected chi connectivity index (χ0v) is 16.5. The first kappa shape index (κ1) is 21.4. The lowest BCUT2D eigenvalue weighted by Gasteiger charge is -2.35.